The molecule has 1 aliphatic rings. The number of benzene rings is 3. The van der Waals surface area contributed by atoms with Crippen molar-refractivity contribution in [2.24, 2.45) is 0 Å². The van der Waals surface area contributed by atoms with Gasteiger partial charge in [-0.3, -0.25) is 9.36 Å². The Morgan fingerprint density at radius 3 is 2.53 bits per heavy atom. The molecule has 1 heterocycles. The molecule has 6 heteroatoms. The molecular formula is C32H35N3O3. The molecule has 0 aliphatic heterocycles. The Hall–Kier alpha value is -3.93. The van der Waals surface area contributed by atoms with E-state index in [9.17, 15) is 14.7 Å². The number of fused-ring (bicyclic) bond motifs is 1. The quantitative estimate of drug-likeness (QED) is 0.265. The number of carbonyl (C=O) groups excluding carboxylic acids is 1. The van der Waals surface area contributed by atoms with Crippen molar-refractivity contribution >= 4 is 22.9 Å². The van der Waals surface area contributed by atoms with Gasteiger partial charge in [-0.15, -0.1) is 0 Å². The smallest absolute Gasteiger partial charge is 0.336 e. The monoisotopic (exact) mass is 509 g/mol. The Kier molecular flexibility index (Phi) is 7.59. The molecule has 2 N–H and O–H groups in total. The molecular weight excluding hydrogens is 474 g/mol. The molecule has 0 saturated heterocycles. The molecule has 0 unspecified atom stereocenters. The Bertz CT molecular complexity index is 1480. The molecule has 4 aromatic rings. The highest BCUT2D eigenvalue weighted by Gasteiger charge is 2.20. The van der Waals surface area contributed by atoms with Gasteiger partial charge in [0.1, 0.15) is 5.82 Å². The number of aryl methyl sites for hydroxylation is 2. The molecule has 0 bridgehead atoms. The molecule has 6 nitrogen and oxygen atoms in total. The number of hydrogen-bond donors (Lipinski definition) is 2. The van der Waals surface area contributed by atoms with Gasteiger partial charge < -0.3 is 10.4 Å². The number of carboxylic acids is 1. The number of amides is 1. The van der Waals surface area contributed by atoms with Crippen LogP contribution in [0.4, 0.5) is 0 Å². The predicted octanol–water partition coefficient (Wildman–Crippen LogP) is 7.10. The lowest BCUT2D eigenvalue weighted by Crippen LogP contribution is -2.36. The van der Waals surface area contributed by atoms with E-state index in [-0.39, 0.29) is 17.5 Å². The number of aromatic carboxylic acids is 1. The lowest BCUT2D eigenvalue weighted by molar-refractivity contribution is 0.0697. The third kappa shape index (κ3) is 5.21. The van der Waals surface area contributed by atoms with E-state index in [2.05, 4.69) is 22.9 Å². The summed E-state index contributed by atoms with van der Waals surface area (Å²) in [5, 5.41) is 12.9. The van der Waals surface area contributed by atoms with Crippen molar-refractivity contribution in [3.05, 3.63) is 83.2 Å². The van der Waals surface area contributed by atoms with Crippen molar-refractivity contribution in [2.45, 2.75) is 71.3 Å². The number of nitrogens with one attached hydrogen (secondary N) is 1. The largest absolute Gasteiger partial charge is 0.478 e. The highest BCUT2D eigenvalue weighted by molar-refractivity contribution is 5.98. The number of unbranched alkanes of at least 4 members (excludes halogenated alkanes) is 1. The van der Waals surface area contributed by atoms with Crippen LogP contribution in [0.3, 0.4) is 0 Å². The summed E-state index contributed by atoms with van der Waals surface area (Å²) in [4.78, 5) is 29.9. The second-order valence-corrected chi connectivity index (χ2v) is 10.3. The van der Waals surface area contributed by atoms with Crippen molar-refractivity contribution in [1.82, 2.24) is 14.9 Å². The number of carboxylic acid groups (broad SMARTS) is 1. The van der Waals surface area contributed by atoms with Gasteiger partial charge in [-0.1, -0.05) is 56.9 Å². The van der Waals surface area contributed by atoms with Gasteiger partial charge in [-0.05, 0) is 79.3 Å². The fourth-order valence-electron chi connectivity index (χ4n) is 5.57. The maximum Gasteiger partial charge on any atom is 0.336 e. The predicted molar refractivity (Wildman–Crippen MR) is 151 cm³/mol. The van der Waals surface area contributed by atoms with E-state index in [1.807, 2.05) is 49.4 Å². The zero-order chi connectivity index (χ0) is 26.6. The van der Waals surface area contributed by atoms with Gasteiger partial charge in [0, 0.05) is 23.7 Å². The summed E-state index contributed by atoms with van der Waals surface area (Å²) >= 11 is 0. The molecule has 0 spiro atoms. The average molecular weight is 510 g/mol. The van der Waals surface area contributed by atoms with Crippen LogP contribution in [0.5, 0.6) is 0 Å². The fourth-order valence-corrected chi connectivity index (χ4v) is 5.57. The molecule has 38 heavy (non-hydrogen) atoms. The summed E-state index contributed by atoms with van der Waals surface area (Å²) in [6.45, 7) is 4.17. The van der Waals surface area contributed by atoms with Crippen LogP contribution in [0, 0.1) is 6.92 Å². The molecule has 1 aliphatic carbocycles. The van der Waals surface area contributed by atoms with Crippen LogP contribution in [0.1, 0.15) is 84.0 Å². The maximum absolute atomic E-state index is 13.1. The van der Waals surface area contributed by atoms with Crippen molar-refractivity contribution in [1.29, 1.82) is 0 Å². The summed E-state index contributed by atoms with van der Waals surface area (Å²) in [6, 6.07) is 19.2. The summed E-state index contributed by atoms with van der Waals surface area (Å²) < 4.78 is 2.16. The molecule has 1 aromatic heterocycles. The minimum Gasteiger partial charge on any atom is -0.478 e. The number of rotatable bonds is 8. The van der Waals surface area contributed by atoms with E-state index >= 15 is 0 Å². The van der Waals surface area contributed by atoms with Crippen molar-refractivity contribution in [2.75, 3.05) is 0 Å². The number of hydrogen-bond acceptors (Lipinski definition) is 3. The number of carbonyl (C=O) groups is 2. The first-order valence-corrected chi connectivity index (χ1v) is 13.7. The van der Waals surface area contributed by atoms with Gasteiger partial charge >= 0.3 is 5.97 Å². The van der Waals surface area contributed by atoms with Crippen LogP contribution in [-0.4, -0.2) is 32.6 Å². The molecule has 1 fully saturated rings. The first-order valence-electron chi connectivity index (χ1n) is 13.7. The van der Waals surface area contributed by atoms with E-state index in [1.54, 1.807) is 12.1 Å². The van der Waals surface area contributed by atoms with E-state index in [4.69, 9.17) is 4.98 Å². The average Bonchev–Trinajstić information content (AvgIpc) is 3.30. The fraction of sp³-hybridized carbons (Fsp3) is 0.344. The van der Waals surface area contributed by atoms with Gasteiger partial charge in [0.15, 0.2) is 0 Å². The Balaban J connectivity index is 1.56. The third-order valence-electron chi connectivity index (χ3n) is 7.60. The number of nitrogens with zero attached hydrogens (tertiary/aromatic N) is 2. The summed E-state index contributed by atoms with van der Waals surface area (Å²) in [6.07, 6.45) is 8.58. The second kappa shape index (κ2) is 11.2. The highest BCUT2D eigenvalue weighted by Crippen LogP contribution is 2.31. The van der Waals surface area contributed by atoms with Gasteiger partial charge in [-0.25, -0.2) is 9.78 Å². The summed E-state index contributed by atoms with van der Waals surface area (Å²) in [7, 11) is 0. The van der Waals surface area contributed by atoms with E-state index in [0.717, 1.165) is 65.8 Å². The zero-order valence-electron chi connectivity index (χ0n) is 22.2. The molecule has 196 valence electrons. The van der Waals surface area contributed by atoms with Crippen LogP contribution in [-0.2, 0) is 6.42 Å². The van der Waals surface area contributed by atoms with Crippen LogP contribution in [0.2, 0.25) is 0 Å². The third-order valence-corrected chi connectivity index (χ3v) is 7.60. The minimum absolute atomic E-state index is 0.0292. The van der Waals surface area contributed by atoms with Crippen molar-refractivity contribution in [3.63, 3.8) is 0 Å². The van der Waals surface area contributed by atoms with Crippen LogP contribution in [0.15, 0.2) is 60.7 Å². The maximum atomic E-state index is 13.1. The van der Waals surface area contributed by atoms with Crippen molar-refractivity contribution < 1.29 is 14.7 Å². The molecule has 0 atom stereocenters. The minimum atomic E-state index is -0.939. The standard InChI is InChI=1S/C32H35N3O3/c1-3-4-14-30-34-28-18-15-22(31(36)33-23-10-6-5-7-11-23)20-29(28)35(30)24-16-17-25(21(2)19-24)26-12-8-9-13-27(26)32(37)38/h8-9,12-13,15-20,23H,3-7,10-11,14H2,1-2H3,(H,33,36)(H,37,38). The highest BCUT2D eigenvalue weighted by atomic mass is 16.4. The Labute approximate surface area is 223 Å². The van der Waals surface area contributed by atoms with Gasteiger partial charge in [0.2, 0.25) is 0 Å². The van der Waals surface area contributed by atoms with Gasteiger partial charge in [0.25, 0.3) is 5.91 Å². The van der Waals surface area contributed by atoms with E-state index in [1.165, 1.54) is 19.3 Å². The topological polar surface area (TPSA) is 84.2 Å². The van der Waals surface area contributed by atoms with E-state index < -0.39 is 5.97 Å². The van der Waals surface area contributed by atoms with Gasteiger partial charge in [0.05, 0.1) is 16.6 Å². The number of aromatic nitrogens is 2. The lowest BCUT2D eigenvalue weighted by Gasteiger charge is -2.22. The molecule has 5 rings (SSSR count). The molecule has 1 amide bonds. The first kappa shape index (κ1) is 25.7. The first-order chi connectivity index (χ1) is 18.5. The summed E-state index contributed by atoms with van der Waals surface area (Å²) in [5.41, 5.74) is 6.23. The molecule has 1 saturated carbocycles. The number of imidazole rings is 1. The molecule has 0 radical (unpaired) electrons. The van der Waals surface area contributed by atoms with Crippen LogP contribution >= 0.6 is 0 Å². The van der Waals surface area contributed by atoms with Crippen LogP contribution < -0.4 is 5.32 Å². The van der Waals surface area contributed by atoms with E-state index in [0.29, 0.717) is 11.1 Å². The summed E-state index contributed by atoms with van der Waals surface area (Å²) in [5.74, 6) is -0.00574. The Morgan fingerprint density at radius 1 is 1.00 bits per heavy atom. The normalized spacial score (nSPS) is 14.1. The van der Waals surface area contributed by atoms with Gasteiger partial charge in [-0.2, -0.15) is 0 Å². The molecule has 3 aromatic carbocycles. The Morgan fingerprint density at radius 2 is 1.79 bits per heavy atom. The van der Waals surface area contributed by atoms with Crippen LogP contribution in [0.25, 0.3) is 27.8 Å². The lowest BCUT2D eigenvalue weighted by atomic mass is 9.95. The van der Waals surface area contributed by atoms with Crippen molar-refractivity contribution in [3.8, 4) is 16.8 Å². The SMILES string of the molecule is CCCCc1nc2ccc(C(=O)NC3CCCCC3)cc2n1-c1ccc(-c2ccccc2C(=O)O)c(C)c1. The second-order valence-electron chi connectivity index (χ2n) is 10.3. The zero-order valence-corrected chi connectivity index (χ0v) is 22.2.